The van der Waals surface area contributed by atoms with Gasteiger partial charge in [-0.15, -0.1) is 16.4 Å². The van der Waals surface area contributed by atoms with E-state index in [-0.39, 0.29) is 12.5 Å². The summed E-state index contributed by atoms with van der Waals surface area (Å²) >= 11 is 2.86. The number of thiazole rings is 1. The van der Waals surface area contributed by atoms with Crippen LogP contribution in [0.4, 0.5) is 0 Å². The van der Waals surface area contributed by atoms with Crippen molar-refractivity contribution in [3.63, 3.8) is 0 Å². The van der Waals surface area contributed by atoms with E-state index in [0.717, 1.165) is 21.7 Å². The number of hydrogen-bond acceptors (Lipinski definition) is 11. The normalized spacial score (nSPS) is 11.3. The maximum atomic E-state index is 12.7. The fourth-order valence-electron chi connectivity index (χ4n) is 4.48. The van der Waals surface area contributed by atoms with Crippen molar-refractivity contribution in [2.45, 2.75) is 13.5 Å². The molecule has 4 heterocycles. The largest absolute Gasteiger partial charge is 0.496 e. The first-order valence-electron chi connectivity index (χ1n) is 13.2. The molecule has 0 bridgehead atoms. The van der Waals surface area contributed by atoms with Crippen LogP contribution in [0.2, 0.25) is 0 Å². The fraction of sp³-hybridized carbons (Fsp3) is 0.241. The lowest BCUT2D eigenvalue weighted by Crippen LogP contribution is -2.35. The Balaban J connectivity index is 1.19. The Morgan fingerprint density at radius 3 is 2.67 bits per heavy atom. The summed E-state index contributed by atoms with van der Waals surface area (Å²) < 4.78 is 24.7. The zero-order chi connectivity index (χ0) is 29.2. The van der Waals surface area contributed by atoms with Crippen LogP contribution in [0.1, 0.15) is 23.0 Å². The van der Waals surface area contributed by atoms with E-state index in [1.807, 2.05) is 54.8 Å². The summed E-state index contributed by atoms with van der Waals surface area (Å²) in [5.41, 5.74) is 9.24. The molecule has 0 atom stereocenters. The number of imidazole rings is 1. The van der Waals surface area contributed by atoms with Crippen molar-refractivity contribution in [1.29, 1.82) is 0 Å². The van der Waals surface area contributed by atoms with E-state index >= 15 is 0 Å². The highest BCUT2D eigenvalue weighted by Crippen LogP contribution is 2.38. The number of furan rings is 1. The summed E-state index contributed by atoms with van der Waals surface area (Å²) in [7, 11) is 3.17. The Morgan fingerprint density at radius 1 is 1.12 bits per heavy atom. The molecule has 4 aromatic heterocycles. The Kier molecular flexibility index (Phi) is 7.78. The van der Waals surface area contributed by atoms with Gasteiger partial charge in [-0.1, -0.05) is 12.1 Å². The molecule has 0 unspecified atom stereocenters. The first-order valence-corrected chi connectivity index (χ1v) is 14.9. The number of rotatable bonds is 11. The lowest BCUT2D eigenvalue weighted by molar-refractivity contribution is 0.0769. The average Bonchev–Trinajstić information content (AvgIpc) is 3.81. The number of carbonyl (C=O) groups excluding carboxylic acids is 1. The zero-order valence-electron chi connectivity index (χ0n) is 23.2. The van der Waals surface area contributed by atoms with Crippen LogP contribution in [0.15, 0.2) is 58.5 Å². The Bertz CT molecular complexity index is 1820. The molecule has 13 heteroatoms. The molecule has 2 N–H and O–H groups in total. The molecule has 6 aromatic rings. The van der Waals surface area contributed by atoms with Gasteiger partial charge in [-0.3, -0.25) is 4.79 Å². The average molecular weight is 605 g/mol. The summed E-state index contributed by atoms with van der Waals surface area (Å²) in [5, 5.41) is 8.46. The SMILES string of the molecule is CCN(CCN)C(=O)c1ccc(-c2nc(COc3cc(OC)cc4oc(-c5cn6nc(OC)sc6n5)cc34)cs2)cc1. The van der Waals surface area contributed by atoms with Gasteiger partial charge in [-0.2, -0.15) is 0 Å². The van der Waals surface area contributed by atoms with Crippen molar-refractivity contribution in [2.24, 2.45) is 5.73 Å². The Labute approximate surface area is 249 Å². The summed E-state index contributed by atoms with van der Waals surface area (Å²) in [4.78, 5) is 24.5. The van der Waals surface area contributed by atoms with Crippen LogP contribution in [0.25, 0.3) is 38.0 Å². The van der Waals surface area contributed by atoms with E-state index in [4.69, 9.17) is 29.3 Å². The van der Waals surface area contributed by atoms with Crippen LogP contribution in [0.5, 0.6) is 16.7 Å². The number of likely N-dealkylation sites (N-methyl/N-ethyl adjacent to an activating group) is 1. The number of amides is 1. The molecule has 0 saturated carbocycles. The summed E-state index contributed by atoms with van der Waals surface area (Å²) in [6.07, 6.45) is 1.79. The Morgan fingerprint density at radius 2 is 1.95 bits per heavy atom. The van der Waals surface area contributed by atoms with Crippen molar-refractivity contribution >= 4 is 44.5 Å². The van der Waals surface area contributed by atoms with Gasteiger partial charge in [0.15, 0.2) is 5.76 Å². The number of hydrogen-bond donors (Lipinski definition) is 1. The van der Waals surface area contributed by atoms with E-state index in [1.54, 1.807) is 29.8 Å². The number of ether oxygens (including phenoxy) is 3. The molecule has 0 saturated heterocycles. The van der Waals surface area contributed by atoms with Gasteiger partial charge < -0.3 is 29.3 Å². The minimum Gasteiger partial charge on any atom is -0.496 e. The third-order valence-corrected chi connectivity index (χ3v) is 8.46. The van der Waals surface area contributed by atoms with Crippen molar-refractivity contribution in [3.8, 4) is 38.7 Å². The zero-order valence-corrected chi connectivity index (χ0v) is 24.8. The van der Waals surface area contributed by atoms with Gasteiger partial charge in [0.2, 0.25) is 4.96 Å². The summed E-state index contributed by atoms with van der Waals surface area (Å²) in [6.45, 7) is 3.77. The smallest absolute Gasteiger partial charge is 0.294 e. The molecule has 1 amide bonds. The highest BCUT2D eigenvalue weighted by atomic mass is 32.1. The van der Waals surface area contributed by atoms with Gasteiger partial charge in [-0.25, -0.2) is 14.5 Å². The van der Waals surface area contributed by atoms with E-state index < -0.39 is 0 Å². The quantitative estimate of drug-likeness (QED) is 0.208. The monoisotopic (exact) mass is 604 g/mol. The molecule has 216 valence electrons. The number of methoxy groups -OCH3 is 2. The predicted octanol–water partition coefficient (Wildman–Crippen LogP) is 5.34. The third-order valence-electron chi connectivity index (χ3n) is 6.63. The number of nitrogens with zero attached hydrogens (tertiary/aromatic N) is 5. The van der Waals surface area contributed by atoms with Gasteiger partial charge >= 0.3 is 0 Å². The lowest BCUT2D eigenvalue weighted by atomic mass is 10.1. The van der Waals surface area contributed by atoms with E-state index in [9.17, 15) is 4.79 Å². The number of aromatic nitrogens is 4. The van der Waals surface area contributed by atoms with E-state index in [2.05, 4.69) is 10.1 Å². The molecular formula is C29H28N6O5S2. The number of nitrogens with two attached hydrogens (primary N) is 1. The van der Waals surface area contributed by atoms with E-state index in [1.165, 1.54) is 22.7 Å². The topological polar surface area (TPSA) is 130 Å². The summed E-state index contributed by atoms with van der Waals surface area (Å²) in [6, 6.07) is 13.0. The second kappa shape index (κ2) is 11.8. The van der Waals surface area contributed by atoms with Crippen LogP contribution < -0.4 is 19.9 Å². The molecule has 6 rings (SSSR count). The predicted molar refractivity (Wildman–Crippen MR) is 162 cm³/mol. The molecule has 0 spiro atoms. The van der Waals surface area contributed by atoms with Gasteiger partial charge in [0.05, 0.1) is 31.5 Å². The van der Waals surface area contributed by atoms with Gasteiger partial charge in [0, 0.05) is 48.3 Å². The maximum Gasteiger partial charge on any atom is 0.294 e. The second-order valence-electron chi connectivity index (χ2n) is 9.26. The second-order valence-corrected chi connectivity index (χ2v) is 11.0. The van der Waals surface area contributed by atoms with Crippen LogP contribution in [-0.2, 0) is 6.61 Å². The van der Waals surface area contributed by atoms with Gasteiger partial charge in [0.1, 0.15) is 34.4 Å². The highest BCUT2D eigenvalue weighted by molar-refractivity contribution is 7.18. The summed E-state index contributed by atoms with van der Waals surface area (Å²) in [5.74, 6) is 1.77. The van der Waals surface area contributed by atoms with Crippen molar-refractivity contribution < 1.29 is 23.4 Å². The molecule has 2 aromatic carbocycles. The van der Waals surface area contributed by atoms with Crippen LogP contribution >= 0.6 is 22.7 Å². The van der Waals surface area contributed by atoms with Crippen LogP contribution in [-0.4, -0.2) is 64.2 Å². The van der Waals surface area contributed by atoms with Crippen molar-refractivity contribution in [1.82, 2.24) is 24.5 Å². The van der Waals surface area contributed by atoms with Crippen molar-refractivity contribution in [2.75, 3.05) is 33.9 Å². The maximum absolute atomic E-state index is 12.7. The minimum absolute atomic E-state index is 0.0284. The minimum atomic E-state index is -0.0284. The number of carbonyl (C=O) groups is 1. The van der Waals surface area contributed by atoms with Gasteiger partial charge in [-0.05, 0) is 36.5 Å². The van der Waals surface area contributed by atoms with Gasteiger partial charge in [0.25, 0.3) is 11.1 Å². The molecule has 0 radical (unpaired) electrons. The molecule has 0 aliphatic carbocycles. The molecule has 0 fully saturated rings. The number of benzene rings is 2. The third kappa shape index (κ3) is 5.41. The standard InChI is InChI=1S/C29H28N6O5S2/c1-4-34(10-9-30)27(36)18-7-5-17(6-8-18)26-31-19(16-41-26)15-39-23-11-20(37-2)12-24-21(23)13-25(40-24)22-14-35-28(32-22)42-29(33-35)38-3/h5-8,11-14,16H,4,9-10,15,30H2,1-3H3. The van der Waals surface area contributed by atoms with E-state index in [0.29, 0.717) is 63.9 Å². The highest BCUT2D eigenvalue weighted by Gasteiger charge is 2.18. The van der Waals surface area contributed by atoms with Crippen LogP contribution in [0.3, 0.4) is 0 Å². The Hall–Kier alpha value is -4.46. The number of fused-ring (bicyclic) bond motifs is 2. The van der Waals surface area contributed by atoms with Crippen molar-refractivity contribution in [3.05, 3.63) is 65.3 Å². The molecular weight excluding hydrogens is 576 g/mol. The fourth-order valence-corrected chi connectivity index (χ4v) is 5.99. The first kappa shape index (κ1) is 27.7. The molecule has 0 aliphatic rings. The molecule has 0 aliphatic heterocycles. The molecule has 42 heavy (non-hydrogen) atoms. The first-order chi connectivity index (χ1) is 20.5. The lowest BCUT2D eigenvalue weighted by Gasteiger charge is -2.19. The molecule has 11 nitrogen and oxygen atoms in total. The van der Waals surface area contributed by atoms with Crippen LogP contribution in [0, 0.1) is 0 Å².